The molecule has 0 unspecified atom stereocenters. The van der Waals surface area contributed by atoms with Gasteiger partial charge in [-0.05, 0) is 42.5 Å². The smallest absolute Gasteiger partial charge is 0.146 e. The highest BCUT2D eigenvalue weighted by atomic mass is 32.1. The molecule has 4 heterocycles. The molecular weight excluding hydrogens is 448 g/mol. The number of benzene rings is 5. The highest BCUT2D eigenvalue weighted by Crippen LogP contribution is 2.45. The van der Waals surface area contributed by atoms with Gasteiger partial charge in [-0.15, -0.1) is 11.3 Å². The Hall–Kier alpha value is -4.41. The molecule has 0 saturated carbocycles. The molecule has 4 heteroatoms. The third kappa shape index (κ3) is 2.14. The minimum absolute atomic E-state index is 0.903. The molecule has 0 N–H and O–H groups in total. The summed E-state index contributed by atoms with van der Waals surface area (Å²) in [5, 5.41) is 8.57. The molecule has 9 aromatic rings. The first-order chi connectivity index (χ1) is 17.4. The Bertz CT molecular complexity index is 2330. The molecule has 0 bridgehead atoms. The number of hydrogen-bond acceptors (Lipinski definition) is 3. The molecule has 35 heavy (non-hydrogen) atoms. The number of pyridine rings is 1. The largest absolute Gasteiger partial charge is 0.456 e. The molecule has 9 rings (SSSR count). The molecule has 0 aliphatic carbocycles. The van der Waals surface area contributed by atoms with Crippen LogP contribution in [0.1, 0.15) is 0 Å². The minimum Gasteiger partial charge on any atom is -0.456 e. The molecule has 0 fully saturated rings. The average Bonchev–Trinajstić information content (AvgIpc) is 3.59. The molecule has 0 amide bonds. The van der Waals surface area contributed by atoms with Crippen molar-refractivity contribution in [2.45, 2.75) is 0 Å². The number of nitrogens with zero attached hydrogens (tertiary/aromatic N) is 2. The number of aromatic nitrogens is 2. The van der Waals surface area contributed by atoms with Gasteiger partial charge in [-0.25, -0.2) is 4.98 Å². The van der Waals surface area contributed by atoms with Gasteiger partial charge in [0.05, 0.1) is 21.9 Å². The molecule has 0 spiro atoms. The third-order valence-electron chi connectivity index (χ3n) is 7.36. The summed E-state index contributed by atoms with van der Waals surface area (Å²) in [7, 11) is 0. The van der Waals surface area contributed by atoms with E-state index >= 15 is 0 Å². The number of hydrogen-bond donors (Lipinski definition) is 0. The molecule has 0 aliphatic heterocycles. The van der Waals surface area contributed by atoms with Crippen LogP contribution in [-0.2, 0) is 0 Å². The van der Waals surface area contributed by atoms with Crippen molar-refractivity contribution in [3.63, 3.8) is 0 Å². The van der Waals surface area contributed by atoms with Crippen LogP contribution in [0.2, 0.25) is 0 Å². The average molecular weight is 465 g/mol. The van der Waals surface area contributed by atoms with E-state index in [1.54, 1.807) is 0 Å². The van der Waals surface area contributed by atoms with E-state index in [9.17, 15) is 0 Å². The van der Waals surface area contributed by atoms with Gasteiger partial charge < -0.3 is 4.42 Å². The molecule has 162 valence electrons. The van der Waals surface area contributed by atoms with Crippen LogP contribution in [0.3, 0.4) is 0 Å². The topological polar surface area (TPSA) is 30.4 Å². The Labute approximate surface area is 202 Å². The number of para-hydroxylation sites is 3. The van der Waals surface area contributed by atoms with Gasteiger partial charge in [0.2, 0.25) is 0 Å². The predicted octanol–water partition coefficient (Wildman–Crippen LogP) is 9.06. The quantitative estimate of drug-likeness (QED) is 0.210. The SMILES string of the molecule is c1ccc2c(c1)nc1c3ccc4c5ccccc5sc4c3c3ccc4oc5ccccc5c4c3n21. The maximum Gasteiger partial charge on any atom is 0.146 e. The van der Waals surface area contributed by atoms with Crippen molar-refractivity contribution in [1.82, 2.24) is 9.38 Å². The number of rotatable bonds is 0. The first kappa shape index (κ1) is 18.0. The highest BCUT2D eigenvalue weighted by molar-refractivity contribution is 7.26. The Morgan fingerprint density at radius 2 is 1.37 bits per heavy atom. The fraction of sp³-hybridized carbons (Fsp3) is 0. The zero-order valence-corrected chi connectivity index (χ0v) is 19.3. The van der Waals surface area contributed by atoms with E-state index in [1.165, 1.54) is 36.3 Å². The minimum atomic E-state index is 0.903. The molecule has 4 aromatic heterocycles. The maximum absolute atomic E-state index is 6.31. The normalized spacial score (nSPS) is 12.6. The summed E-state index contributed by atoms with van der Waals surface area (Å²) in [4.78, 5) is 5.16. The van der Waals surface area contributed by atoms with Crippen LogP contribution in [0.15, 0.2) is 101 Å². The van der Waals surface area contributed by atoms with Gasteiger partial charge >= 0.3 is 0 Å². The van der Waals surface area contributed by atoms with Crippen LogP contribution in [-0.4, -0.2) is 9.38 Å². The maximum atomic E-state index is 6.31. The number of thiophene rings is 1. The fourth-order valence-corrected chi connectivity index (χ4v) is 7.17. The molecule has 0 aliphatic rings. The Morgan fingerprint density at radius 1 is 0.600 bits per heavy atom. The van der Waals surface area contributed by atoms with Gasteiger partial charge in [0, 0.05) is 41.7 Å². The molecule has 0 saturated heterocycles. The first-order valence-corrected chi connectivity index (χ1v) is 12.6. The van der Waals surface area contributed by atoms with E-state index in [0.717, 1.165) is 44.1 Å². The van der Waals surface area contributed by atoms with Gasteiger partial charge in [0.15, 0.2) is 0 Å². The van der Waals surface area contributed by atoms with E-state index in [1.807, 2.05) is 17.4 Å². The van der Waals surface area contributed by atoms with Gasteiger partial charge in [0.25, 0.3) is 0 Å². The lowest BCUT2D eigenvalue weighted by molar-refractivity contribution is 0.669. The van der Waals surface area contributed by atoms with Crippen LogP contribution in [0.25, 0.3) is 80.5 Å². The van der Waals surface area contributed by atoms with E-state index in [0.29, 0.717) is 0 Å². The van der Waals surface area contributed by atoms with Crippen molar-refractivity contribution in [1.29, 1.82) is 0 Å². The predicted molar refractivity (Wildman–Crippen MR) is 148 cm³/mol. The summed E-state index contributed by atoms with van der Waals surface area (Å²) < 4.78 is 11.3. The van der Waals surface area contributed by atoms with Crippen molar-refractivity contribution in [3.8, 4) is 0 Å². The lowest BCUT2D eigenvalue weighted by atomic mass is 10.00. The van der Waals surface area contributed by atoms with Crippen LogP contribution in [0.5, 0.6) is 0 Å². The summed E-state index contributed by atoms with van der Waals surface area (Å²) in [5.41, 5.74) is 6.08. The highest BCUT2D eigenvalue weighted by Gasteiger charge is 2.21. The van der Waals surface area contributed by atoms with E-state index in [4.69, 9.17) is 9.40 Å². The molecule has 3 nitrogen and oxygen atoms in total. The van der Waals surface area contributed by atoms with Crippen LogP contribution in [0, 0.1) is 0 Å². The Balaban J connectivity index is 1.69. The Morgan fingerprint density at radius 3 is 2.34 bits per heavy atom. The zero-order chi connectivity index (χ0) is 22.7. The standard InChI is InChI=1S/C31H16N2OS/c1-5-11-24-19(8-1)28-25(34-24)16-15-20-27-21(14-13-18-17-7-2-6-12-26(17)35-30(18)27)31-32-22-9-3-4-10-23(22)33(31)29(20)28/h1-16H. The second-order valence-electron chi connectivity index (χ2n) is 9.16. The van der Waals surface area contributed by atoms with Gasteiger partial charge in [-0.1, -0.05) is 54.6 Å². The third-order valence-corrected chi connectivity index (χ3v) is 8.56. The zero-order valence-electron chi connectivity index (χ0n) is 18.4. The van der Waals surface area contributed by atoms with Crippen molar-refractivity contribution in [2.75, 3.05) is 0 Å². The van der Waals surface area contributed by atoms with Crippen molar-refractivity contribution < 1.29 is 4.42 Å². The summed E-state index contributed by atoms with van der Waals surface area (Å²) >= 11 is 1.87. The Kier molecular flexibility index (Phi) is 3.17. The summed E-state index contributed by atoms with van der Waals surface area (Å²) in [6, 6.07) is 34.4. The lowest BCUT2D eigenvalue weighted by Gasteiger charge is -2.11. The monoisotopic (exact) mass is 464 g/mol. The molecule has 0 atom stereocenters. The molecule has 0 radical (unpaired) electrons. The number of furan rings is 1. The van der Waals surface area contributed by atoms with Crippen LogP contribution < -0.4 is 0 Å². The van der Waals surface area contributed by atoms with Gasteiger partial charge in [-0.2, -0.15) is 0 Å². The second kappa shape index (κ2) is 6.17. The first-order valence-electron chi connectivity index (χ1n) is 11.7. The van der Waals surface area contributed by atoms with E-state index < -0.39 is 0 Å². The fourth-order valence-electron chi connectivity index (χ4n) is 5.91. The molecular formula is C31H16N2OS. The number of imidazole rings is 1. The van der Waals surface area contributed by atoms with Crippen molar-refractivity contribution in [3.05, 3.63) is 97.1 Å². The van der Waals surface area contributed by atoms with Crippen molar-refractivity contribution >= 4 is 91.8 Å². The second-order valence-corrected chi connectivity index (χ2v) is 10.2. The van der Waals surface area contributed by atoms with Gasteiger partial charge in [0.1, 0.15) is 16.8 Å². The van der Waals surface area contributed by atoms with Crippen LogP contribution in [0.4, 0.5) is 0 Å². The summed E-state index contributed by atoms with van der Waals surface area (Å²) in [6.45, 7) is 0. The number of fused-ring (bicyclic) bond motifs is 16. The lowest BCUT2D eigenvalue weighted by Crippen LogP contribution is -1.92. The van der Waals surface area contributed by atoms with E-state index in [2.05, 4.69) is 95.4 Å². The summed E-state index contributed by atoms with van der Waals surface area (Å²) in [5.74, 6) is 0. The summed E-state index contributed by atoms with van der Waals surface area (Å²) in [6.07, 6.45) is 0. The van der Waals surface area contributed by atoms with Crippen molar-refractivity contribution in [2.24, 2.45) is 0 Å². The molecule has 5 aromatic carbocycles. The van der Waals surface area contributed by atoms with E-state index in [-0.39, 0.29) is 0 Å². The van der Waals surface area contributed by atoms with Gasteiger partial charge in [-0.3, -0.25) is 4.40 Å². The van der Waals surface area contributed by atoms with Crippen LogP contribution >= 0.6 is 11.3 Å².